The van der Waals surface area contributed by atoms with Crippen molar-refractivity contribution in [2.45, 2.75) is 18.8 Å². The first-order chi connectivity index (χ1) is 13.6. The molecule has 0 bridgehead atoms. The molecule has 2 aliphatic heterocycles. The highest BCUT2D eigenvalue weighted by molar-refractivity contribution is 9.10. The predicted molar refractivity (Wildman–Crippen MR) is 112 cm³/mol. The van der Waals surface area contributed by atoms with Crippen molar-refractivity contribution in [3.63, 3.8) is 0 Å². The number of hydrogen-bond acceptors (Lipinski definition) is 3. The van der Waals surface area contributed by atoms with Gasteiger partial charge in [0.25, 0.3) is 0 Å². The molecule has 5 nitrogen and oxygen atoms in total. The molecule has 0 radical (unpaired) electrons. The van der Waals surface area contributed by atoms with Crippen LogP contribution in [0.25, 0.3) is 0 Å². The maximum atomic E-state index is 13.0. The summed E-state index contributed by atoms with van der Waals surface area (Å²) in [6, 6.07) is 15.7. The van der Waals surface area contributed by atoms with Gasteiger partial charge in [-0.05, 0) is 48.7 Å². The molecule has 4 rings (SSSR count). The van der Waals surface area contributed by atoms with E-state index in [1.807, 2.05) is 41.3 Å². The van der Waals surface area contributed by atoms with Gasteiger partial charge in [-0.2, -0.15) is 0 Å². The normalized spacial score (nSPS) is 22.0. The van der Waals surface area contributed by atoms with Crippen LogP contribution < -0.4 is 9.64 Å². The molecular formula is C22H23BrN2O3. The number of halogens is 1. The Morgan fingerprint density at radius 1 is 1.11 bits per heavy atom. The fourth-order valence-corrected chi connectivity index (χ4v) is 4.53. The second-order valence-corrected chi connectivity index (χ2v) is 8.27. The lowest BCUT2D eigenvalue weighted by Crippen LogP contribution is -2.39. The van der Waals surface area contributed by atoms with E-state index in [0.717, 1.165) is 22.3 Å². The molecule has 2 aromatic rings. The molecule has 2 saturated heterocycles. The Morgan fingerprint density at radius 2 is 1.89 bits per heavy atom. The number of anilines is 1. The summed E-state index contributed by atoms with van der Waals surface area (Å²) in [4.78, 5) is 29.5. The molecule has 0 aliphatic carbocycles. The lowest BCUT2D eigenvalue weighted by Gasteiger charge is -2.21. The SMILES string of the molecule is COc1ccc(C2CCN(C(=O)C3CCN(c4cccc(Br)c4)C3=O)C2)cc1. The second-order valence-electron chi connectivity index (χ2n) is 7.35. The predicted octanol–water partition coefficient (Wildman–Crippen LogP) is 3.83. The van der Waals surface area contributed by atoms with Gasteiger partial charge in [-0.3, -0.25) is 9.59 Å². The van der Waals surface area contributed by atoms with Gasteiger partial charge in [0.1, 0.15) is 11.7 Å². The molecule has 6 heteroatoms. The zero-order valence-corrected chi connectivity index (χ0v) is 17.4. The van der Waals surface area contributed by atoms with E-state index in [9.17, 15) is 9.59 Å². The molecule has 0 spiro atoms. The molecule has 0 N–H and O–H groups in total. The average molecular weight is 443 g/mol. The summed E-state index contributed by atoms with van der Waals surface area (Å²) in [5, 5.41) is 0. The molecule has 2 aliphatic rings. The number of ether oxygens (including phenoxy) is 1. The quantitative estimate of drug-likeness (QED) is 0.676. The Kier molecular flexibility index (Phi) is 5.40. The zero-order valence-electron chi connectivity index (χ0n) is 15.8. The smallest absolute Gasteiger partial charge is 0.239 e. The fraction of sp³-hybridized carbons (Fsp3) is 0.364. The number of methoxy groups -OCH3 is 1. The van der Waals surface area contributed by atoms with Crippen LogP contribution in [0.1, 0.15) is 24.3 Å². The lowest BCUT2D eigenvalue weighted by atomic mass is 9.98. The number of hydrogen-bond donors (Lipinski definition) is 0. The number of carbonyl (C=O) groups is 2. The summed E-state index contributed by atoms with van der Waals surface area (Å²) in [6.45, 7) is 1.96. The Labute approximate surface area is 173 Å². The lowest BCUT2D eigenvalue weighted by molar-refractivity contribution is -0.139. The van der Waals surface area contributed by atoms with Crippen LogP contribution in [0.15, 0.2) is 53.0 Å². The van der Waals surface area contributed by atoms with Crippen LogP contribution in [0.5, 0.6) is 5.75 Å². The first-order valence-electron chi connectivity index (χ1n) is 9.56. The number of carbonyl (C=O) groups excluding carboxylic acids is 2. The molecule has 2 atom stereocenters. The number of nitrogens with zero attached hydrogens (tertiary/aromatic N) is 2. The van der Waals surface area contributed by atoms with E-state index < -0.39 is 5.92 Å². The van der Waals surface area contributed by atoms with Crippen molar-refractivity contribution >= 4 is 33.4 Å². The number of benzene rings is 2. The summed E-state index contributed by atoms with van der Waals surface area (Å²) in [5.41, 5.74) is 2.05. The van der Waals surface area contributed by atoms with Gasteiger partial charge in [0.15, 0.2) is 0 Å². The molecule has 0 saturated carbocycles. The largest absolute Gasteiger partial charge is 0.497 e. The van der Waals surface area contributed by atoms with Crippen LogP contribution in [0, 0.1) is 5.92 Å². The van der Waals surface area contributed by atoms with Crippen molar-refractivity contribution in [1.82, 2.24) is 4.90 Å². The van der Waals surface area contributed by atoms with Gasteiger partial charge in [-0.1, -0.05) is 34.1 Å². The first-order valence-corrected chi connectivity index (χ1v) is 10.4. The molecule has 146 valence electrons. The Morgan fingerprint density at radius 3 is 2.61 bits per heavy atom. The molecule has 2 heterocycles. The maximum Gasteiger partial charge on any atom is 0.239 e. The van der Waals surface area contributed by atoms with Crippen molar-refractivity contribution in [1.29, 1.82) is 0 Å². The minimum absolute atomic E-state index is 0.0292. The van der Waals surface area contributed by atoms with Gasteiger partial charge in [-0.25, -0.2) is 0 Å². The van der Waals surface area contributed by atoms with E-state index in [-0.39, 0.29) is 11.8 Å². The van der Waals surface area contributed by atoms with Crippen molar-refractivity contribution in [3.05, 3.63) is 58.6 Å². The Balaban J connectivity index is 1.41. The molecular weight excluding hydrogens is 420 g/mol. The van der Waals surface area contributed by atoms with Gasteiger partial charge in [0.2, 0.25) is 11.8 Å². The summed E-state index contributed by atoms with van der Waals surface area (Å²) in [5.74, 6) is 0.467. The van der Waals surface area contributed by atoms with E-state index in [2.05, 4.69) is 28.1 Å². The summed E-state index contributed by atoms with van der Waals surface area (Å²) < 4.78 is 6.14. The summed E-state index contributed by atoms with van der Waals surface area (Å²) >= 11 is 3.44. The van der Waals surface area contributed by atoms with Crippen molar-refractivity contribution in [3.8, 4) is 5.75 Å². The van der Waals surface area contributed by atoms with E-state index in [4.69, 9.17) is 4.74 Å². The van der Waals surface area contributed by atoms with Gasteiger partial charge in [0, 0.05) is 35.7 Å². The minimum atomic E-state index is -0.561. The van der Waals surface area contributed by atoms with Crippen LogP contribution in [0.2, 0.25) is 0 Å². The van der Waals surface area contributed by atoms with Gasteiger partial charge >= 0.3 is 0 Å². The summed E-state index contributed by atoms with van der Waals surface area (Å²) in [6.07, 6.45) is 1.50. The van der Waals surface area contributed by atoms with E-state index >= 15 is 0 Å². The van der Waals surface area contributed by atoms with Gasteiger partial charge in [-0.15, -0.1) is 0 Å². The first kappa shape index (κ1) is 19.0. The zero-order chi connectivity index (χ0) is 19.7. The van der Waals surface area contributed by atoms with Crippen molar-refractivity contribution in [2.24, 2.45) is 5.92 Å². The minimum Gasteiger partial charge on any atom is -0.497 e. The third-order valence-electron chi connectivity index (χ3n) is 5.71. The van der Waals surface area contributed by atoms with E-state index in [0.29, 0.717) is 32.0 Å². The molecule has 2 aromatic carbocycles. The molecule has 2 fully saturated rings. The average Bonchev–Trinajstić information content (AvgIpc) is 3.35. The topological polar surface area (TPSA) is 49.9 Å². The third-order valence-corrected chi connectivity index (χ3v) is 6.20. The second kappa shape index (κ2) is 7.95. The molecule has 2 amide bonds. The molecule has 2 unspecified atom stereocenters. The Bertz CT molecular complexity index is 884. The van der Waals surface area contributed by atoms with Crippen LogP contribution in [0.3, 0.4) is 0 Å². The van der Waals surface area contributed by atoms with Gasteiger partial charge < -0.3 is 14.5 Å². The Hall–Kier alpha value is -2.34. The standard InChI is InChI=1S/C22H23BrN2O3/c1-28-19-7-5-15(6-8-19)16-9-11-24(14-16)21(26)20-10-12-25(22(20)27)18-4-2-3-17(23)13-18/h2-8,13,16,20H,9-12,14H2,1H3. The van der Waals surface area contributed by atoms with Crippen molar-refractivity contribution in [2.75, 3.05) is 31.6 Å². The molecule has 28 heavy (non-hydrogen) atoms. The maximum absolute atomic E-state index is 13.0. The van der Waals surface area contributed by atoms with Gasteiger partial charge in [0.05, 0.1) is 7.11 Å². The third kappa shape index (κ3) is 3.65. The highest BCUT2D eigenvalue weighted by Gasteiger charge is 2.41. The number of likely N-dealkylation sites (tertiary alicyclic amines) is 1. The number of rotatable bonds is 4. The summed E-state index contributed by atoms with van der Waals surface area (Å²) in [7, 11) is 1.65. The van der Waals surface area contributed by atoms with Crippen LogP contribution >= 0.6 is 15.9 Å². The number of amides is 2. The van der Waals surface area contributed by atoms with Crippen LogP contribution in [0.4, 0.5) is 5.69 Å². The monoisotopic (exact) mass is 442 g/mol. The van der Waals surface area contributed by atoms with E-state index in [1.54, 1.807) is 12.0 Å². The van der Waals surface area contributed by atoms with Crippen LogP contribution in [-0.4, -0.2) is 43.5 Å². The van der Waals surface area contributed by atoms with Crippen molar-refractivity contribution < 1.29 is 14.3 Å². The fourth-order valence-electron chi connectivity index (χ4n) is 4.14. The van der Waals surface area contributed by atoms with Crippen LogP contribution in [-0.2, 0) is 9.59 Å². The van der Waals surface area contributed by atoms with E-state index in [1.165, 1.54) is 5.56 Å². The highest BCUT2D eigenvalue weighted by Crippen LogP contribution is 2.32. The molecule has 0 aromatic heterocycles. The highest BCUT2D eigenvalue weighted by atomic mass is 79.9.